The number of nitro groups is 1. The van der Waals surface area contributed by atoms with E-state index in [0.717, 1.165) is 12.8 Å². The fraction of sp³-hybridized carbons (Fsp3) is 0.316. The van der Waals surface area contributed by atoms with Gasteiger partial charge in [-0.1, -0.05) is 43.2 Å². The lowest BCUT2D eigenvalue weighted by atomic mass is 9.79. The first-order valence-electron chi connectivity index (χ1n) is 8.19. The molecule has 0 saturated heterocycles. The van der Waals surface area contributed by atoms with Gasteiger partial charge in [-0.15, -0.1) is 0 Å². The van der Waals surface area contributed by atoms with Crippen LogP contribution < -0.4 is 5.32 Å². The second-order valence-corrected chi connectivity index (χ2v) is 6.34. The minimum atomic E-state index is -0.468. The molecular weight excluding hydrogens is 304 g/mol. The zero-order valence-corrected chi connectivity index (χ0v) is 13.4. The lowest BCUT2D eigenvalue weighted by Crippen LogP contribution is -2.39. The van der Waals surface area contributed by atoms with Crippen LogP contribution in [0.1, 0.15) is 41.6 Å². The van der Waals surface area contributed by atoms with Crippen molar-refractivity contribution in [1.29, 1.82) is 0 Å². The second-order valence-electron chi connectivity index (χ2n) is 6.34. The predicted molar refractivity (Wildman–Crippen MR) is 92.0 cm³/mol. The highest BCUT2D eigenvalue weighted by atomic mass is 16.6. The summed E-state index contributed by atoms with van der Waals surface area (Å²) in [6.07, 6.45) is 4.47. The number of carbonyl (C=O) groups excluding carboxylic acids is 1. The molecule has 5 nitrogen and oxygen atoms in total. The zero-order valence-electron chi connectivity index (χ0n) is 13.4. The molecule has 3 rings (SSSR count). The Hall–Kier alpha value is -2.69. The first kappa shape index (κ1) is 16.2. The predicted octanol–water partition coefficient (Wildman–Crippen LogP) is 3.84. The van der Waals surface area contributed by atoms with Gasteiger partial charge in [0.25, 0.3) is 11.6 Å². The monoisotopic (exact) mass is 324 g/mol. The van der Waals surface area contributed by atoms with Crippen LogP contribution in [0.5, 0.6) is 0 Å². The molecule has 0 spiro atoms. The maximum atomic E-state index is 12.4. The van der Waals surface area contributed by atoms with E-state index in [1.807, 2.05) is 18.2 Å². The number of nitro benzene ring substituents is 1. The first-order chi connectivity index (χ1) is 11.6. The van der Waals surface area contributed by atoms with E-state index in [4.69, 9.17) is 0 Å². The fourth-order valence-corrected chi connectivity index (χ4v) is 3.50. The Morgan fingerprint density at radius 2 is 1.67 bits per heavy atom. The number of nitrogens with one attached hydrogen (secondary N) is 1. The van der Waals surface area contributed by atoms with Crippen LogP contribution in [0, 0.1) is 10.1 Å². The standard InChI is InChI=1S/C19H20N2O3/c22-18(15-8-10-17(11-9-15)21(23)24)20-14-19(12-4-5-13-19)16-6-2-1-3-7-16/h1-3,6-11H,4-5,12-14H2,(H,20,22). The van der Waals surface area contributed by atoms with Gasteiger partial charge in [0.2, 0.25) is 0 Å². The van der Waals surface area contributed by atoms with Gasteiger partial charge in [0.15, 0.2) is 0 Å². The van der Waals surface area contributed by atoms with Crippen LogP contribution in [0.2, 0.25) is 0 Å². The van der Waals surface area contributed by atoms with Crippen LogP contribution in [-0.4, -0.2) is 17.4 Å². The number of hydrogen-bond donors (Lipinski definition) is 1. The largest absolute Gasteiger partial charge is 0.351 e. The highest BCUT2D eigenvalue weighted by molar-refractivity contribution is 5.94. The number of rotatable bonds is 5. The van der Waals surface area contributed by atoms with Gasteiger partial charge in [0.1, 0.15) is 0 Å². The van der Waals surface area contributed by atoms with Crippen molar-refractivity contribution in [1.82, 2.24) is 5.32 Å². The SMILES string of the molecule is O=C(NCC1(c2ccccc2)CCCC1)c1ccc([N+](=O)[O-])cc1. The maximum absolute atomic E-state index is 12.4. The quantitative estimate of drug-likeness (QED) is 0.671. The Labute approximate surface area is 140 Å². The van der Waals surface area contributed by atoms with Gasteiger partial charge in [0.05, 0.1) is 4.92 Å². The van der Waals surface area contributed by atoms with Gasteiger partial charge in [-0.05, 0) is 30.5 Å². The molecule has 0 heterocycles. The van der Waals surface area contributed by atoms with Crippen LogP contribution in [0.15, 0.2) is 54.6 Å². The van der Waals surface area contributed by atoms with Gasteiger partial charge < -0.3 is 5.32 Å². The normalized spacial score (nSPS) is 15.8. The average Bonchev–Trinajstić information content (AvgIpc) is 3.11. The van der Waals surface area contributed by atoms with E-state index in [1.54, 1.807) is 0 Å². The lowest BCUT2D eigenvalue weighted by Gasteiger charge is -2.30. The minimum Gasteiger partial charge on any atom is -0.351 e. The van der Waals surface area contributed by atoms with E-state index in [9.17, 15) is 14.9 Å². The molecular formula is C19H20N2O3. The van der Waals surface area contributed by atoms with Crippen molar-refractivity contribution in [3.05, 3.63) is 75.8 Å². The van der Waals surface area contributed by atoms with E-state index in [1.165, 1.54) is 42.7 Å². The second kappa shape index (κ2) is 6.83. The number of non-ortho nitro benzene ring substituents is 1. The first-order valence-corrected chi connectivity index (χ1v) is 8.19. The van der Waals surface area contributed by atoms with Crippen molar-refractivity contribution < 1.29 is 9.72 Å². The zero-order chi connectivity index (χ0) is 17.0. The molecule has 0 aromatic heterocycles. The molecule has 24 heavy (non-hydrogen) atoms. The maximum Gasteiger partial charge on any atom is 0.269 e. The van der Waals surface area contributed by atoms with E-state index >= 15 is 0 Å². The Kier molecular flexibility index (Phi) is 4.60. The van der Waals surface area contributed by atoms with Crippen LogP contribution in [0.3, 0.4) is 0 Å². The molecule has 1 amide bonds. The average molecular weight is 324 g/mol. The molecule has 1 saturated carbocycles. The van der Waals surface area contributed by atoms with Crippen molar-refractivity contribution in [2.75, 3.05) is 6.54 Å². The molecule has 1 N–H and O–H groups in total. The molecule has 1 aliphatic rings. The van der Waals surface area contributed by atoms with Crippen LogP contribution in [0.25, 0.3) is 0 Å². The molecule has 0 radical (unpaired) electrons. The number of carbonyl (C=O) groups is 1. The summed E-state index contributed by atoms with van der Waals surface area (Å²) in [5.41, 5.74) is 1.70. The van der Waals surface area contributed by atoms with Crippen molar-refractivity contribution in [2.24, 2.45) is 0 Å². The molecule has 1 fully saturated rings. The Balaban J connectivity index is 1.71. The highest BCUT2D eigenvalue weighted by Crippen LogP contribution is 2.40. The number of amides is 1. The molecule has 0 aliphatic heterocycles. The van der Waals surface area contributed by atoms with Crippen molar-refractivity contribution in [2.45, 2.75) is 31.1 Å². The summed E-state index contributed by atoms with van der Waals surface area (Å²) in [5, 5.41) is 13.7. The van der Waals surface area contributed by atoms with Gasteiger partial charge in [-0.2, -0.15) is 0 Å². The Bertz CT molecular complexity index is 720. The summed E-state index contributed by atoms with van der Waals surface area (Å²) in [6, 6.07) is 16.0. The number of benzene rings is 2. The molecule has 2 aromatic rings. The summed E-state index contributed by atoms with van der Waals surface area (Å²) < 4.78 is 0. The molecule has 0 bridgehead atoms. The van der Waals surface area contributed by atoms with Crippen LogP contribution in [-0.2, 0) is 5.41 Å². The summed E-state index contributed by atoms with van der Waals surface area (Å²) in [5.74, 6) is -0.188. The van der Waals surface area contributed by atoms with E-state index in [-0.39, 0.29) is 17.0 Å². The summed E-state index contributed by atoms with van der Waals surface area (Å²) in [6.45, 7) is 0.590. The summed E-state index contributed by atoms with van der Waals surface area (Å²) in [7, 11) is 0. The topological polar surface area (TPSA) is 72.2 Å². The van der Waals surface area contributed by atoms with E-state index < -0.39 is 4.92 Å². The van der Waals surface area contributed by atoms with Crippen LogP contribution >= 0.6 is 0 Å². The molecule has 0 atom stereocenters. The molecule has 2 aromatic carbocycles. The lowest BCUT2D eigenvalue weighted by molar-refractivity contribution is -0.384. The summed E-state index contributed by atoms with van der Waals surface area (Å²) >= 11 is 0. The van der Waals surface area contributed by atoms with Gasteiger partial charge in [-0.3, -0.25) is 14.9 Å². The van der Waals surface area contributed by atoms with Gasteiger partial charge in [-0.25, -0.2) is 0 Å². The van der Waals surface area contributed by atoms with E-state index in [2.05, 4.69) is 17.4 Å². The number of hydrogen-bond acceptors (Lipinski definition) is 3. The van der Waals surface area contributed by atoms with Gasteiger partial charge in [0, 0.05) is 29.7 Å². The Morgan fingerprint density at radius 3 is 2.25 bits per heavy atom. The highest BCUT2D eigenvalue weighted by Gasteiger charge is 2.35. The van der Waals surface area contributed by atoms with Crippen molar-refractivity contribution >= 4 is 11.6 Å². The smallest absolute Gasteiger partial charge is 0.269 e. The third-order valence-corrected chi connectivity index (χ3v) is 4.87. The minimum absolute atomic E-state index is 0.00228. The molecule has 124 valence electrons. The van der Waals surface area contributed by atoms with Crippen molar-refractivity contribution in [3.63, 3.8) is 0 Å². The molecule has 0 unspecified atom stereocenters. The van der Waals surface area contributed by atoms with Crippen LogP contribution in [0.4, 0.5) is 5.69 Å². The Morgan fingerprint density at radius 1 is 1.04 bits per heavy atom. The fourth-order valence-electron chi connectivity index (χ4n) is 3.50. The third kappa shape index (κ3) is 3.30. The van der Waals surface area contributed by atoms with Gasteiger partial charge >= 0.3 is 0 Å². The third-order valence-electron chi connectivity index (χ3n) is 4.87. The van der Waals surface area contributed by atoms with Crippen molar-refractivity contribution in [3.8, 4) is 0 Å². The molecule has 5 heteroatoms. The number of nitrogens with zero attached hydrogens (tertiary/aromatic N) is 1. The molecule has 1 aliphatic carbocycles. The summed E-state index contributed by atoms with van der Waals surface area (Å²) in [4.78, 5) is 22.6. The van der Waals surface area contributed by atoms with E-state index in [0.29, 0.717) is 12.1 Å².